The maximum absolute atomic E-state index is 16.1. The van der Waals surface area contributed by atoms with E-state index in [1.165, 1.54) is 82.3 Å². The van der Waals surface area contributed by atoms with E-state index in [4.69, 9.17) is 0 Å². The van der Waals surface area contributed by atoms with Gasteiger partial charge in [0.15, 0.2) is 0 Å². The van der Waals surface area contributed by atoms with E-state index in [0.29, 0.717) is 11.8 Å². The molecule has 6 aromatic carbocycles. The summed E-state index contributed by atoms with van der Waals surface area (Å²) in [6, 6.07) is 48.5. The van der Waals surface area contributed by atoms with Crippen molar-refractivity contribution in [2.45, 2.75) is 56.8 Å². The normalized spacial score (nSPS) is 25.4. The van der Waals surface area contributed by atoms with Gasteiger partial charge in [0.1, 0.15) is 5.82 Å². The van der Waals surface area contributed by atoms with Gasteiger partial charge < -0.3 is 4.90 Å². The van der Waals surface area contributed by atoms with E-state index in [1.807, 2.05) is 6.07 Å². The lowest BCUT2D eigenvalue weighted by atomic mass is 9.43. The number of halogens is 1. The molecule has 12 rings (SSSR count). The first kappa shape index (κ1) is 29.7. The fourth-order valence-electron chi connectivity index (χ4n) is 12.1. The van der Waals surface area contributed by atoms with Crippen LogP contribution in [0.2, 0.25) is 0 Å². The Balaban J connectivity index is 1.15. The molecule has 2 heteroatoms. The van der Waals surface area contributed by atoms with Crippen molar-refractivity contribution < 1.29 is 4.39 Å². The van der Waals surface area contributed by atoms with Crippen molar-refractivity contribution in [1.29, 1.82) is 0 Å². The van der Waals surface area contributed by atoms with Gasteiger partial charge in [-0.15, -0.1) is 0 Å². The molecule has 250 valence electrons. The van der Waals surface area contributed by atoms with Gasteiger partial charge in [-0.1, -0.05) is 111 Å². The first-order chi connectivity index (χ1) is 24.9. The average Bonchev–Trinajstić information content (AvgIpc) is 3.58. The van der Waals surface area contributed by atoms with Crippen LogP contribution in [0.5, 0.6) is 0 Å². The summed E-state index contributed by atoms with van der Waals surface area (Å²) < 4.78 is 16.1. The van der Waals surface area contributed by atoms with Crippen LogP contribution in [-0.2, 0) is 10.8 Å². The van der Waals surface area contributed by atoms with Gasteiger partial charge >= 0.3 is 0 Å². The minimum Gasteiger partial charge on any atom is -0.310 e. The lowest BCUT2D eigenvalue weighted by molar-refractivity contribution is -0.0399. The Bertz CT molecular complexity index is 2340. The molecule has 4 saturated carbocycles. The summed E-state index contributed by atoms with van der Waals surface area (Å²) in [5.74, 6) is 2.73. The van der Waals surface area contributed by atoms with Gasteiger partial charge in [-0.05, 0) is 137 Å². The molecule has 6 aliphatic carbocycles. The third kappa shape index (κ3) is 3.97. The Hall–Kier alpha value is -4.95. The molecule has 0 atom stereocenters. The average molecular weight is 664 g/mol. The maximum Gasteiger partial charge on any atom is 0.131 e. The smallest absolute Gasteiger partial charge is 0.131 e. The zero-order valence-corrected chi connectivity index (χ0v) is 29.4. The number of hydrogen-bond acceptors (Lipinski definition) is 1. The molecule has 51 heavy (non-hydrogen) atoms. The molecule has 0 radical (unpaired) electrons. The first-order valence-electron chi connectivity index (χ1n) is 19.1. The standard InChI is InChI=1S/C49H42FN/c1-48(2)40-13-7-6-12-38(40)47-41(48)14-9-17-45(47)51(36-20-18-33(19-21-36)32-10-4-3-5-11-32)37-22-23-39-43(29-37)49(42-15-8-16-44(50)46(39)42)34-25-30-24-31(27-34)28-35(49)26-30/h3-23,29-31,34-35H,24-28H2,1-2H3. The van der Waals surface area contributed by atoms with Gasteiger partial charge in [0.05, 0.1) is 5.69 Å². The van der Waals surface area contributed by atoms with E-state index in [0.717, 1.165) is 34.3 Å². The van der Waals surface area contributed by atoms with Crippen molar-refractivity contribution in [1.82, 2.24) is 0 Å². The van der Waals surface area contributed by atoms with Crippen LogP contribution in [-0.4, -0.2) is 0 Å². The van der Waals surface area contributed by atoms with Crippen molar-refractivity contribution in [3.8, 4) is 33.4 Å². The number of benzene rings is 6. The molecule has 6 aliphatic rings. The van der Waals surface area contributed by atoms with Gasteiger partial charge in [0, 0.05) is 33.3 Å². The molecular formula is C49H42FN. The summed E-state index contributed by atoms with van der Waals surface area (Å²) in [7, 11) is 0. The Labute approximate surface area is 300 Å². The molecule has 6 aromatic rings. The van der Waals surface area contributed by atoms with Crippen molar-refractivity contribution in [2.24, 2.45) is 23.7 Å². The van der Waals surface area contributed by atoms with Gasteiger partial charge in [0.25, 0.3) is 0 Å². The van der Waals surface area contributed by atoms with E-state index < -0.39 is 0 Å². The lowest BCUT2D eigenvalue weighted by Crippen LogP contribution is -2.55. The first-order valence-corrected chi connectivity index (χ1v) is 19.1. The van der Waals surface area contributed by atoms with Crippen LogP contribution < -0.4 is 4.90 Å². The number of nitrogens with zero attached hydrogens (tertiary/aromatic N) is 1. The molecule has 0 unspecified atom stereocenters. The summed E-state index contributed by atoms with van der Waals surface area (Å²) in [5.41, 5.74) is 15.6. The number of fused-ring (bicyclic) bond motifs is 6. The highest BCUT2D eigenvalue weighted by Crippen LogP contribution is 2.70. The van der Waals surface area contributed by atoms with Crippen molar-refractivity contribution in [3.05, 3.63) is 162 Å². The molecular weight excluding hydrogens is 622 g/mol. The highest BCUT2D eigenvalue weighted by Gasteiger charge is 2.62. The molecule has 1 nitrogen and oxygen atoms in total. The van der Waals surface area contributed by atoms with E-state index in [1.54, 1.807) is 6.07 Å². The molecule has 1 spiro atoms. The molecule has 0 aliphatic heterocycles. The Morgan fingerprint density at radius 3 is 1.88 bits per heavy atom. The van der Waals surface area contributed by atoms with Gasteiger partial charge in [-0.3, -0.25) is 0 Å². The summed E-state index contributed by atoms with van der Waals surface area (Å²) in [5, 5.41) is 0. The quantitative estimate of drug-likeness (QED) is 0.181. The number of rotatable bonds is 4. The summed E-state index contributed by atoms with van der Waals surface area (Å²) in [6.45, 7) is 4.72. The van der Waals surface area contributed by atoms with Crippen LogP contribution in [0.4, 0.5) is 21.5 Å². The summed E-state index contributed by atoms with van der Waals surface area (Å²) in [4.78, 5) is 2.50. The second kappa shape index (κ2) is 10.5. The molecule has 0 aromatic heterocycles. The highest BCUT2D eigenvalue weighted by molar-refractivity contribution is 5.96. The molecule has 0 amide bonds. The van der Waals surface area contributed by atoms with Crippen LogP contribution in [0.1, 0.15) is 68.2 Å². The van der Waals surface area contributed by atoms with Crippen molar-refractivity contribution in [3.63, 3.8) is 0 Å². The van der Waals surface area contributed by atoms with E-state index in [-0.39, 0.29) is 16.6 Å². The molecule has 0 N–H and O–H groups in total. The third-order valence-corrected chi connectivity index (χ3v) is 13.9. The monoisotopic (exact) mass is 663 g/mol. The van der Waals surface area contributed by atoms with Crippen LogP contribution in [0.15, 0.2) is 133 Å². The van der Waals surface area contributed by atoms with Crippen LogP contribution in [0, 0.1) is 29.5 Å². The lowest BCUT2D eigenvalue weighted by Gasteiger charge is -2.61. The highest BCUT2D eigenvalue weighted by atomic mass is 19.1. The Morgan fingerprint density at radius 2 is 1.12 bits per heavy atom. The van der Waals surface area contributed by atoms with Crippen molar-refractivity contribution in [2.75, 3.05) is 4.90 Å². The fourth-order valence-corrected chi connectivity index (χ4v) is 12.1. The second-order valence-electron chi connectivity index (χ2n) is 16.7. The van der Waals surface area contributed by atoms with Crippen LogP contribution in [0.25, 0.3) is 33.4 Å². The molecule has 4 bridgehead atoms. The third-order valence-electron chi connectivity index (χ3n) is 13.9. The summed E-state index contributed by atoms with van der Waals surface area (Å²) in [6.07, 6.45) is 6.49. The van der Waals surface area contributed by atoms with Gasteiger partial charge in [0.2, 0.25) is 0 Å². The summed E-state index contributed by atoms with van der Waals surface area (Å²) >= 11 is 0. The predicted octanol–water partition coefficient (Wildman–Crippen LogP) is 13.0. The van der Waals surface area contributed by atoms with E-state index >= 15 is 4.39 Å². The van der Waals surface area contributed by atoms with Crippen LogP contribution >= 0.6 is 0 Å². The Kier molecular flexibility index (Phi) is 6.15. The minimum absolute atomic E-state index is 0.0692. The topological polar surface area (TPSA) is 3.24 Å². The maximum atomic E-state index is 16.1. The second-order valence-corrected chi connectivity index (χ2v) is 16.7. The molecule has 0 heterocycles. The molecule has 0 saturated heterocycles. The van der Waals surface area contributed by atoms with Crippen LogP contribution in [0.3, 0.4) is 0 Å². The van der Waals surface area contributed by atoms with E-state index in [2.05, 4.69) is 140 Å². The van der Waals surface area contributed by atoms with Gasteiger partial charge in [-0.2, -0.15) is 0 Å². The predicted molar refractivity (Wildman–Crippen MR) is 207 cm³/mol. The molecule has 4 fully saturated rings. The van der Waals surface area contributed by atoms with Crippen molar-refractivity contribution >= 4 is 17.1 Å². The Morgan fingerprint density at radius 1 is 0.510 bits per heavy atom. The number of hydrogen-bond donors (Lipinski definition) is 0. The zero-order chi connectivity index (χ0) is 34.1. The zero-order valence-electron chi connectivity index (χ0n) is 29.4. The fraction of sp³-hybridized carbons (Fsp3) is 0.265. The van der Waals surface area contributed by atoms with E-state index in [9.17, 15) is 0 Å². The number of anilines is 3. The van der Waals surface area contributed by atoms with Gasteiger partial charge in [-0.25, -0.2) is 4.39 Å². The largest absolute Gasteiger partial charge is 0.310 e. The SMILES string of the molecule is CC1(C)c2ccccc2-c2c(N(c3ccc(-c4ccccc4)cc3)c3ccc4c(c3)C3(c5cccc(F)c5-4)C4CC5CC(C4)CC3C5)cccc21. The minimum atomic E-state index is -0.119.